The first-order valence-corrected chi connectivity index (χ1v) is 21.4. The number of azo groups is 1. The minimum atomic E-state index is -0.205. The van der Waals surface area contributed by atoms with Crippen LogP contribution in [-0.4, -0.2) is 58.7 Å². The highest BCUT2D eigenvalue weighted by atomic mass is 32.1. The lowest BCUT2D eigenvalue weighted by molar-refractivity contribution is 0.267. The number of rotatable bonds is 31. The van der Waals surface area contributed by atoms with Gasteiger partial charge >= 0.3 is 0 Å². The molecular formula is C37H70N10S3. The molecule has 0 amide bonds. The molecule has 0 aliphatic heterocycles. The van der Waals surface area contributed by atoms with Crippen molar-refractivity contribution in [3.05, 3.63) is 21.2 Å². The van der Waals surface area contributed by atoms with Crippen LogP contribution in [0.2, 0.25) is 0 Å². The van der Waals surface area contributed by atoms with Crippen LogP contribution in [0.15, 0.2) is 15.2 Å². The largest absolute Gasteiger partial charge is 0.303 e. The van der Waals surface area contributed by atoms with E-state index in [0.29, 0.717) is 35.0 Å². The van der Waals surface area contributed by atoms with E-state index in [2.05, 4.69) is 78.1 Å². The monoisotopic (exact) mass is 750 g/mol. The molecule has 2 heterocycles. The smallest absolute Gasteiger partial charge is 0.195 e. The third-order valence-corrected chi connectivity index (χ3v) is 9.86. The predicted molar refractivity (Wildman–Crippen MR) is 219 cm³/mol. The minimum Gasteiger partial charge on any atom is -0.303 e. The first kappa shape index (κ1) is 44.5. The van der Waals surface area contributed by atoms with Crippen molar-refractivity contribution in [2.24, 2.45) is 15.2 Å². The first-order valence-electron chi connectivity index (χ1n) is 20.0. The summed E-state index contributed by atoms with van der Waals surface area (Å²) >= 11 is 15.9. The fraction of sp³-hybridized carbons (Fsp3) is 0.865. The van der Waals surface area contributed by atoms with E-state index in [4.69, 9.17) is 29.4 Å². The van der Waals surface area contributed by atoms with Gasteiger partial charge in [0.05, 0.1) is 19.6 Å². The topological polar surface area (TPSA) is 108 Å². The molecular weight excluding hydrogens is 681 g/mol. The number of hydrogen-bond acceptors (Lipinski definition) is 8. The third kappa shape index (κ3) is 19.8. The van der Waals surface area contributed by atoms with Gasteiger partial charge in [-0.25, -0.2) is 0 Å². The second-order valence-corrected chi connectivity index (χ2v) is 15.4. The standard InChI is InChI=1S/C37H70N10S3/c1-5-8-11-14-17-20-23-26-38-33(40-39-32(4)48)29-45(30-34-41-43-36(49)46(34)27-24-21-18-15-12-9-6-2)31-35-42-44-37(50)47(35)28-25-22-19-16-13-10-7-3/h32,48H,5-31H2,1-4H3,(H,43,49)(H,44,50). The Balaban J connectivity index is 2.21. The maximum absolute atomic E-state index is 5.71. The van der Waals surface area contributed by atoms with Crippen LogP contribution in [0.1, 0.15) is 174 Å². The molecule has 0 bridgehead atoms. The van der Waals surface area contributed by atoms with Crippen LogP contribution in [-0.2, 0) is 26.2 Å². The molecule has 0 radical (unpaired) electrons. The maximum Gasteiger partial charge on any atom is 0.195 e. The first-order chi connectivity index (χ1) is 24.4. The van der Waals surface area contributed by atoms with E-state index in [0.717, 1.165) is 50.5 Å². The van der Waals surface area contributed by atoms with Crippen LogP contribution in [0.4, 0.5) is 0 Å². The average Bonchev–Trinajstić information content (AvgIpc) is 3.63. The molecule has 0 spiro atoms. The number of nitrogens with one attached hydrogen (secondary N) is 2. The van der Waals surface area contributed by atoms with Crippen LogP contribution >= 0.6 is 37.1 Å². The number of unbranched alkanes of at least 4 members (excludes halogenated alkanes) is 18. The Hall–Kier alpha value is -1.70. The molecule has 0 aliphatic rings. The molecule has 0 saturated carbocycles. The molecule has 0 fully saturated rings. The molecule has 0 aromatic carbocycles. The normalized spacial score (nSPS) is 13.0. The molecule has 2 aromatic heterocycles. The van der Waals surface area contributed by atoms with Crippen LogP contribution in [0.3, 0.4) is 0 Å². The lowest BCUT2D eigenvalue weighted by Gasteiger charge is -2.22. The Morgan fingerprint density at radius 3 is 1.48 bits per heavy atom. The van der Waals surface area contributed by atoms with Gasteiger partial charge in [0, 0.05) is 19.6 Å². The number of nitrogens with zero attached hydrogens (tertiary/aromatic N) is 8. The number of thiol groups is 1. The molecule has 50 heavy (non-hydrogen) atoms. The fourth-order valence-electron chi connectivity index (χ4n) is 6.17. The summed E-state index contributed by atoms with van der Waals surface area (Å²) in [6, 6.07) is 0. The van der Waals surface area contributed by atoms with Crippen molar-refractivity contribution in [3.63, 3.8) is 0 Å². The number of hydrogen-bond donors (Lipinski definition) is 3. The van der Waals surface area contributed by atoms with Crippen molar-refractivity contribution >= 4 is 42.9 Å². The highest BCUT2D eigenvalue weighted by Gasteiger charge is 2.19. The van der Waals surface area contributed by atoms with Crippen LogP contribution in [0.25, 0.3) is 0 Å². The van der Waals surface area contributed by atoms with E-state index < -0.39 is 0 Å². The van der Waals surface area contributed by atoms with Crippen molar-refractivity contribution in [1.29, 1.82) is 0 Å². The molecule has 0 saturated heterocycles. The van der Waals surface area contributed by atoms with E-state index in [1.54, 1.807) is 0 Å². The summed E-state index contributed by atoms with van der Waals surface area (Å²) in [5.74, 6) is 2.54. The van der Waals surface area contributed by atoms with E-state index in [-0.39, 0.29) is 5.37 Å². The zero-order valence-electron chi connectivity index (χ0n) is 32.0. The number of amidine groups is 1. The summed E-state index contributed by atoms with van der Waals surface area (Å²) in [6.07, 6.45) is 26.3. The SMILES string of the molecule is CCCCCCCCCN=C(CN(Cc1n[nH]c(=S)n1CCCCCCCCC)Cc1n[nH]c(=S)n1CCCCCCCCC)N=NC(C)S. The van der Waals surface area contributed by atoms with Gasteiger partial charge in [-0.2, -0.15) is 27.9 Å². The van der Waals surface area contributed by atoms with Crippen molar-refractivity contribution in [2.75, 3.05) is 13.1 Å². The summed E-state index contributed by atoms with van der Waals surface area (Å²) in [4.78, 5) is 7.26. The van der Waals surface area contributed by atoms with E-state index in [1.165, 1.54) is 116 Å². The summed E-state index contributed by atoms with van der Waals surface area (Å²) in [6.45, 7) is 12.8. The highest BCUT2D eigenvalue weighted by Crippen LogP contribution is 2.15. The summed E-state index contributed by atoms with van der Waals surface area (Å²) in [7, 11) is 0. The molecule has 10 nitrogen and oxygen atoms in total. The van der Waals surface area contributed by atoms with Crippen LogP contribution in [0.5, 0.6) is 0 Å². The number of H-pyrrole nitrogens is 2. The molecule has 1 unspecified atom stereocenters. The van der Waals surface area contributed by atoms with Gasteiger partial charge in [0.2, 0.25) is 0 Å². The number of aromatic nitrogens is 6. The summed E-state index contributed by atoms with van der Waals surface area (Å²) in [5.41, 5.74) is 0. The van der Waals surface area contributed by atoms with Crippen molar-refractivity contribution in [2.45, 2.75) is 194 Å². The van der Waals surface area contributed by atoms with E-state index in [1.807, 2.05) is 6.92 Å². The van der Waals surface area contributed by atoms with Gasteiger partial charge in [-0.05, 0) is 50.6 Å². The van der Waals surface area contributed by atoms with Crippen LogP contribution < -0.4 is 0 Å². The maximum atomic E-state index is 5.71. The van der Waals surface area contributed by atoms with Crippen molar-refractivity contribution in [1.82, 2.24) is 34.4 Å². The van der Waals surface area contributed by atoms with Crippen LogP contribution in [0, 0.1) is 9.54 Å². The zero-order valence-corrected chi connectivity index (χ0v) is 34.5. The second kappa shape index (κ2) is 28.8. The molecule has 2 N–H and O–H groups in total. The molecule has 1 atom stereocenters. The summed E-state index contributed by atoms with van der Waals surface area (Å²) in [5, 5.41) is 24.3. The Morgan fingerprint density at radius 2 is 1.06 bits per heavy atom. The van der Waals surface area contributed by atoms with Gasteiger partial charge in [0.15, 0.2) is 15.4 Å². The van der Waals surface area contributed by atoms with Crippen molar-refractivity contribution in [3.8, 4) is 0 Å². The van der Waals surface area contributed by atoms with E-state index in [9.17, 15) is 0 Å². The second-order valence-electron chi connectivity index (χ2n) is 13.8. The lowest BCUT2D eigenvalue weighted by Crippen LogP contribution is -2.31. The Bertz CT molecular complexity index is 1220. The average molecular weight is 751 g/mol. The van der Waals surface area contributed by atoms with Crippen molar-refractivity contribution < 1.29 is 0 Å². The quantitative estimate of drug-likeness (QED) is 0.0178. The zero-order chi connectivity index (χ0) is 36.2. The minimum absolute atomic E-state index is 0.205. The van der Waals surface area contributed by atoms with Gasteiger partial charge in [0.25, 0.3) is 0 Å². The molecule has 0 aliphatic carbocycles. The number of aliphatic imine (C=N–C) groups is 1. The van der Waals surface area contributed by atoms with Gasteiger partial charge in [-0.15, -0.1) is 5.11 Å². The predicted octanol–water partition coefficient (Wildman–Crippen LogP) is 11.6. The highest BCUT2D eigenvalue weighted by molar-refractivity contribution is 7.80. The Morgan fingerprint density at radius 1 is 0.660 bits per heavy atom. The van der Waals surface area contributed by atoms with Gasteiger partial charge in [-0.1, -0.05) is 136 Å². The summed E-state index contributed by atoms with van der Waals surface area (Å²) < 4.78 is 5.67. The van der Waals surface area contributed by atoms with E-state index >= 15 is 0 Å². The lowest BCUT2D eigenvalue weighted by atomic mass is 10.1. The third-order valence-electron chi connectivity index (χ3n) is 9.14. The Kier molecular flexibility index (Phi) is 25.6. The molecule has 286 valence electrons. The van der Waals surface area contributed by atoms with Gasteiger partial charge in [-0.3, -0.25) is 20.1 Å². The fourth-order valence-corrected chi connectivity index (χ4v) is 6.70. The molecule has 2 aromatic rings. The molecule has 2 rings (SSSR count). The Labute approximate surface area is 319 Å². The van der Waals surface area contributed by atoms with Gasteiger partial charge < -0.3 is 9.13 Å². The van der Waals surface area contributed by atoms with Gasteiger partial charge in [0.1, 0.15) is 17.0 Å². The molecule has 13 heteroatoms. The number of aromatic amines is 2.